The highest BCUT2D eigenvalue weighted by Crippen LogP contribution is 2.24. The van der Waals surface area contributed by atoms with Crippen LogP contribution in [0.2, 0.25) is 0 Å². The van der Waals surface area contributed by atoms with Gasteiger partial charge in [-0.25, -0.2) is 12.8 Å². The van der Waals surface area contributed by atoms with Crippen LogP contribution in [0, 0.1) is 12.7 Å². The van der Waals surface area contributed by atoms with E-state index in [9.17, 15) is 12.8 Å². The van der Waals surface area contributed by atoms with Crippen molar-refractivity contribution in [2.75, 3.05) is 0 Å². The summed E-state index contributed by atoms with van der Waals surface area (Å²) in [6.45, 7) is 1.89. The second-order valence-electron chi connectivity index (χ2n) is 5.54. The molecule has 0 amide bonds. The number of hydrogen-bond donors (Lipinski definition) is 2. The van der Waals surface area contributed by atoms with E-state index in [1.165, 1.54) is 12.1 Å². The molecule has 0 spiro atoms. The molecule has 1 unspecified atom stereocenters. The van der Waals surface area contributed by atoms with Crippen molar-refractivity contribution < 1.29 is 12.8 Å². The summed E-state index contributed by atoms with van der Waals surface area (Å²) >= 11 is 0. The molecule has 6 heteroatoms. The summed E-state index contributed by atoms with van der Waals surface area (Å²) in [7, 11) is -3.72. The van der Waals surface area contributed by atoms with E-state index in [0.717, 1.165) is 5.56 Å². The minimum absolute atomic E-state index is 0.187. The lowest BCUT2D eigenvalue weighted by molar-refractivity contribution is 0.570. The molecule has 0 aliphatic carbocycles. The van der Waals surface area contributed by atoms with Gasteiger partial charge in [0.05, 0.1) is 10.9 Å². The molecule has 4 nitrogen and oxygen atoms in total. The van der Waals surface area contributed by atoms with E-state index in [1.807, 2.05) is 6.92 Å². The second kappa shape index (κ2) is 6.59. The van der Waals surface area contributed by atoms with Crippen molar-refractivity contribution in [3.63, 3.8) is 0 Å². The highest BCUT2D eigenvalue weighted by Gasteiger charge is 2.23. The van der Waals surface area contributed by atoms with Gasteiger partial charge < -0.3 is 4.98 Å². The molecule has 2 N–H and O–H groups in total. The molecule has 0 radical (unpaired) electrons. The molecule has 0 aliphatic heterocycles. The van der Waals surface area contributed by atoms with Gasteiger partial charge in [-0.1, -0.05) is 29.8 Å². The fraction of sp³-hybridized carbons (Fsp3) is 0.111. The Kier molecular flexibility index (Phi) is 4.51. The Hall–Kier alpha value is -2.44. The summed E-state index contributed by atoms with van der Waals surface area (Å²) in [5, 5.41) is 0. The van der Waals surface area contributed by atoms with Crippen LogP contribution in [-0.4, -0.2) is 13.4 Å². The number of halogens is 1. The molecular formula is C18H17FN2O2S. The van der Waals surface area contributed by atoms with E-state index < -0.39 is 16.1 Å². The summed E-state index contributed by atoms with van der Waals surface area (Å²) in [6.07, 6.45) is 1.71. The first-order valence-electron chi connectivity index (χ1n) is 7.43. The number of hydrogen-bond acceptors (Lipinski definition) is 2. The van der Waals surface area contributed by atoms with Crippen LogP contribution in [0.25, 0.3) is 0 Å². The number of aromatic nitrogens is 1. The van der Waals surface area contributed by atoms with Crippen LogP contribution >= 0.6 is 0 Å². The number of rotatable bonds is 5. The monoisotopic (exact) mass is 344 g/mol. The van der Waals surface area contributed by atoms with E-state index in [2.05, 4.69) is 9.71 Å². The summed E-state index contributed by atoms with van der Waals surface area (Å²) in [5.74, 6) is -0.370. The Bertz CT molecular complexity index is 903. The zero-order chi connectivity index (χ0) is 17.2. The van der Waals surface area contributed by atoms with Crippen LogP contribution in [0.3, 0.4) is 0 Å². The fourth-order valence-electron chi connectivity index (χ4n) is 2.43. The zero-order valence-corrected chi connectivity index (χ0v) is 13.8. The van der Waals surface area contributed by atoms with Gasteiger partial charge in [0, 0.05) is 11.9 Å². The molecule has 0 bridgehead atoms. The quantitative estimate of drug-likeness (QED) is 0.744. The van der Waals surface area contributed by atoms with E-state index in [0.29, 0.717) is 11.3 Å². The average Bonchev–Trinajstić information content (AvgIpc) is 3.08. The molecule has 0 saturated carbocycles. The molecule has 1 heterocycles. The predicted molar refractivity (Wildman–Crippen MR) is 90.5 cm³/mol. The lowest BCUT2D eigenvalue weighted by Crippen LogP contribution is -2.29. The third-order valence-electron chi connectivity index (χ3n) is 3.74. The summed E-state index contributed by atoms with van der Waals surface area (Å²) < 4.78 is 41.3. The van der Waals surface area contributed by atoms with E-state index in [-0.39, 0.29) is 10.7 Å². The zero-order valence-electron chi connectivity index (χ0n) is 13.0. The topological polar surface area (TPSA) is 62.0 Å². The maximum Gasteiger partial charge on any atom is 0.241 e. The molecule has 1 atom stereocenters. The smallest absolute Gasteiger partial charge is 0.241 e. The summed E-state index contributed by atoms with van der Waals surface area (Å²) in [5.41, 5.74) is 2.31. The Morgan fingerprint density at radius 2 is 1.67 bits per heavy atom. The first-order valence-corrected chi connectivity index (χ1v) is 8.92. The van der Waals surface area contributed by atoms with Gasteiger partial charge in [-0.3, -0.25) is 0 Å². The van der Waals surface area contributed by atoms with Crippen molar-refractivity contribution in [2.45, 2.75) is 17.9 Å². The first kappa shape index (κ1) is 16.4. The van der Waals surface area contributed by atoms with Crippen LogP contribution in [-0.2, 0) is 10.0 Å². The third kappa shape index (κ3) is 3.55. The Morgan fingerprint density at radius 3 is 2.25 bits per heavy atom. The van der Waals surface area contributed by atoms with Gasteiger partial charge in [-0.2, -0.15) is 4.72 Å². The van der Waals surface area contributed by atoms with Crippen molar-refractivity contribution in [3.8, 4) is 0 Å². The molecule has 0 fully saturated rings. The standard InChI is InChI=1S/C18H17FN2O2S/c1-13-4-10-16(11-5-13)24(22,23)21-18(17-3-2-12-20-17)14-6-8-15(19)9-7-14/h2-12,18,20-21H,1H3. The Balaban J connectivity index is 1.97. The number of nitrogens with one attached hydrogen (secondary N) is 2. The minimum Gasteiger partial charge on any atom is -0.363 e. The number of aryl methyl sites for hydroxylation is 1. The van der Waals surface area contributed by atoms with Gasteiger partial charge in [0.25, 0.3) is 0 Å². The third-order valence-corrected chi connectivity index (χ3v) is 5.18. The van der Waals surface area contributed by atoms with Crippen LogP contribution < -0.4 is 4.72 Å². The van der Waals surface area contributed by atoms with Gasteiger partial charge in [-0.05, 0) is 48.9 Å². The Morgan fingerprint density at radius 1 is 1.00 bits per heavy atom. The maximum absolute atomic E-state index is 13.2. The molecule has 0 aliphatic rings. The molecule has 3 aromatic rings. The van der Waals surface area contributed by atoms with Crippen LogP contribution in [0.4, 0.5) is 4.39 Å². The van der Waals surface area contributed by atoms with Crippen molar-refractivity contribution in [3.05, 3.63) is 89.5 Å². The molecule has 124 valence electrons. The van der Waals surface area contributed by atoms with Gasteiger partial charge in [0.15, 0.2) is 0 Å². The number of sulfonamides is 1. The van der Waals surface area contributed by atoms with Gasteiger partial charge >= 0.3 is 0 Å². The Labute approximate surface area is 140 Å². The van der Waals surface area contributed by atoms with Crippen molar-refractivity contribution in [1.82, 2.24) is 9.71 Å². The van der Waals surface area contributed by atoms with Crippen LogP contribution in [0.5, 0.6) is 0 Å². The largest absolute Gasteiger partial charge is 0.363 e. The van der Waals surface area contributed by atoms with Crippen molar-refractivity contribution in [1.29, 1.82) is 0 Å². The molecule has 3 rings (SSSR count). The lowest BCUT2D eigenvalue weighted by atomic mass is 10.1. The fourth-order valence-corrected chi connectivity index (χ4v) is 3.63. The van der Waals surface area contributed by atoms with E-state index >= 15 is 0 Å². The maximum atomic E-state index is 13.2. The second-order valence-corrected chi connectivity index (χ2v) is 7.26. The SMILES string of the molecule is Cc1ccc(S(=O)(=O)NC(c2ccc(F)cc2)c2ccc[nH]2)cc1. The predicted octanol–water partition coefficient (Wildman–Crippen LogP) is 3.53. The molecule has 1 aromatic heterocycles. The van der Waals surface area contributed by atoms with Crippen LogP contribution in [0.15, 0.2) is 71.8 Å². The number of H-pyrrole nitrogens is 1. The van der Waals surface area contributed by atoms with E-state index in [1.54, 1.807) is 54.7 Å². The summed E-state index contributed by atoms with van der Waals surface area (Å²) in [6, 6.07) is 15.3. The minimum atomic E-state index is -3.72. The molecule has 0 saturated heterocycles. The first-order chi connectivity index (χ1) is 11.5. The summed E-state index contributed by atoms with van der Waals surface area (Å²) in [4.78, 5) is 3.20. The highest BCUT2D eigenvalue weighted by molar-refractivity contribution is 7.89. The number of benzene rings is 2. The van der Waals surface area contributed by atoms with Crippen molar-refractivity contribution >= 4 is 10.0 Å². The lowest BCUT2D eigenvalue weighted by Gasteiger charge is -2.18. The van der Waals surface area contributed by atoms with Gasteiger partial charge in [-0.15, -0.1) is 0 Å². The molecule has 24 heavy (non-hydrogen) atoms. The highest BCUT2D eigenvalue weighted by atomic mass is 32.2. The number of aromatic amines is 1. The van der Waals surface area contributed by atoms with Gasteiger partial charge in [0.2, 0.25) is 10.0 Å². The molecule has 2 aromatic carbocycles. The van der Waals surface area contributed by atoms with E-state index in [4.69, 9.17) is 0 Å². The normalized spacial score (nSPS) is 12.9. The average molecular weight is 344 g/mol. The van der Waals surface area contributed by atoms with Crippen LogP contribution in [0.1, 0.15) is 22.9 Å². The van der Waals surface area contributed by atoms with Crippen molar-refractivity contribution in [2.24, 2.45) is 0 Å². The van der Waals surface area contributed by atoms with Gasteiger partial charge in [0.1, 0.15) is 5.82 Å². The molecular weight excluding hydrogens is 327 g/mol.